The molecule has 0 fully saturated rings. The fourth-order valence-electron chi connectivity index (χ4n) is 1.68. The Bertz CT molecular complexity index is 693. The fourth-order valence-corrected chi connectivity index (χ4v) is 1.68. The van der Waals surface area contributed by atoms with E-state index in [9.17, 15) is 20.4 Å². The van der Waals surface area contributed by atoms with Gasteiger partial charge in [-0.1, -0.05) is 121 Å². The maximum atomic E-state index is 10.3. The Morgan fingerprint density at radius 2 is 0.414 bits per heavy atom. The number of hydrogen-bond donors (Lipinski definition) is 0. The van der Waals surface area contributed by atoms with Gasteiger partial charge in [0, 0.05) is 0 Å². The Morgan fingerprint density at radius 3 is 0.483 bits per heavy atom. The third-order valence-corrected chi connectivity index (χ3v) is 2.97. The van der Waals surface area contributed by atoms with Crippen molar-refractivity contribution in [1.29, 1.82) is 0 Å². The molecule has 0 aliphatic heterocycles. The van der Waals surface area contributed by atoms with Crippen molar-refractivity contribution in [2.45, 2.75) is 0 Å². The van der Waals surface area contributed by atoms with Gasteiger partial charge in [-0.05, 0) is 0 Å². The fraction of sp³-hybridized carbons (Fsp3) is 0. The summed E-state index contributed by atoms with van der Waals surface area (Å²) in [6, 6.07) is 33.3. The molecule has 0 aliphatic rings. The number of para-hydroxylation sites is 4. The standard InChI is InChI=1S/4C6H6O.Ge/c4*7-6-4-2-1-3-5-6;/h4*1-5,7H;/q;;;;+4/p-4. The molecule has 0 N–H and O–H groups in total. The normalized spacial score (nSPS) is 8.28. The van der Waals surface area contributed by atoms with Crippen LogP contribution in [0.25, 0.3) is 0 Å². The molecule has 4 aromatic carbocycles. The molecule has 0 radical (unpaired) electrons. The molecule has 0 amide bonds. The van der Waals surface area contributed by atoms with Crippen LogP contribution in [0.5, 0.6) is 23.0 Å². The van der Waals surface area contributed by atoms with Gasteiger partial charge in [-0.3, -0.25) is 0 Å². The monoisotopic (exact) mass is 446 g/mol. The van der Waals surface area contributed by atoms with Crippen molar-refractivity contribution in [3.05, 3.63) is 121 Å². The molecular weight excluding hydrogens is 425 g/mol. The third-order valence-electron chi connectivity index (χ3n) is 2.97. The van der Waals surface area contributed by atoms with E-state index in [2.05, 4.69) is 0 Å². The summed E-state index contributed by atoms with van der Waals surface area (Å²) in [5.74, 6) is 0.287. The molecule has 0 bridgehead atoms. The van der Waals surface area contributed by atoms with Gasteiger partial charge in [0.05, 0.1) is 0 Å². The van der Waals surface area contributed by atoms with Crippen molar-refractivity contribution < 1.29 is 20.4 Å². The van der Waals surface area contributed by atoms with E-state index in [1.165, 1.54) is 48.5 Å². The van der Waals surface area contributed by atoms with E-state index in [1.807, 2.05) is 24.3 Å². The molecule has 5 heteroatoms. The Hall–Kier alpha value is -3.38. The zero-order valence-corrected chi connectivity index (χ0v) is 17.8. The molecule has 0 aliphatic carbocycles. The number of rotatable bonds is 0. The summed E-state index contributed by atoms with van der Waals surface area (Å²) >= 11 is 0. The molecule has 4 aromatic rings. The molecule has 0 atom stereocenters. The maximum absolute atomic E-state index is 10.3. The van der Waals surface area contributed by atoms with Gasteiger partial charge in [0.15, 0.2) is 0 Å². The minimum absolute atomic E-state index is 0. The summed E-state index contributed by atoms with van der Waals surface area (Å²) < 4.78 is 0. The molecule has 4 rings (SSSR count). The number of hydrogen-bond acceptors (Lipinski definition) is 4. The Balaban J connectivity index is 0.000000356. The van der Waals surface area contributed by atoms with E-state index < -0.39 is 0 Å². The van der Waals surface area contributed by atoms with Crippen LogP contribution in [0.2, 0.25) is 0 Å². The van der Waals surface area contributed by atoms with E-state index >= 15 is 0 Å². The first-order valence-electron chi connectivity index (χ1n) is 8.46. The molecular formula is C24H20GeO4. The van der Waals surface area contributed by atoms with Crippen LogP contribution >= 0.6 is 0 Å². The second-order valence-corrected chi connectivity index (χ2v) is 5.25. The van der Waals surface area contributed by atoms with Crippen LogP contribution in [0, 0.1) is 0 Å². The van der Waals surface area contributed by atoms with Crippen LogP contribution in [-0.4, -0.2) is 17.6 Å². The minimum Gasteiger partial charge on any atom is -0.872 e. The van der Waals surface area contributed by atoms with Crippen molar-refractivity contribution in [2.75, 3.05) is 0 Å². The van der Waals surface area contributed by atoms with Crippen LogP contribution in [-0.2, 0) is 0 Å². The smallest absolute Gasteiger partial charge is 0.872 e. The zero-order valence-electron chi connectivity index (χ0n) is 15.7. The average Bonchev–Trinajstić information content (AvgIpc) is 2.72. The second-order valence-electron chi connectivity index (χ2n) is 5.25. The van der Waals surface area contributed by atoms with E-state index in [0.717, 1.165) is 0 Å². The van der Waals surface area contributed by atoms with Gasteiger partial charge in [-0.15, -0.1) is 23.0 Å². The van der Waals surface area contributed by atoms with E-state index in [4.69, 9.17) is 0 Å². The molecule has 0 unspecified atom stereocenters. The predicted molar refractivity (Wildman–Crippen MR) is 109 cm³/mol. The summed E-state index contributed by atoms with van der Waals surface area (Å²) in [6.45, 7) is 0. The zero-order chi connectivity index (χ0) is 20.5. The Kier molecular flexibility index (Phi) is 14.8. The summed E-state index contributed by atoms with van der Waals surface area (Å²) in [7, 11) is 0. The van der Waals surface area contributed by atoms with Crippen molar-refractivity contribution in [1.82, 2.24) is 0 Å². The first-order chi connectivity index (χ1) is 13.6. The SMILES string of the molecule is [Ge+4].[O-]c1ccccc1.[O-]c1ccccc1.[O-]c1ccccc1.[O-]c1ccccc1. The summed E-state index contributed by atoms with van der Waals surface area (Å²) in [5, 5.41) is 41.1. The summed E-state index contributed by atoms with van der Waals surface area (Å²) in [6.07, 6.45) is 0. The van der Waals surface area contributed by atoms with Gasteiger partial charge in [0.2, 0.25) is 0 Å². The minimum atomic E-state index is 0. The molecule has 144 valence electrons. The predicted octanol–water partition coefficient (Wildman–Crippen LogP) is 2.66. The van der Waals surface area contributed by atoms with E-state index in [1.54, 1.807) is 48.5 Å². The van der Waals surface area contributed by atoms with Crippen LogP contribution in [0.1, 0.15) is 0 Å². The van der Waals surface area contributed by atoms with Crippen LogP contribution in [0.4, 0.5) is 0 Å². The second kappa shape index (κ2) is 16.8. The van der Waals surface area contributed by atoms with Crippen LogP contribution in [0.15, 0.2) is 121 Å². The molecule has 0 aromatic heterocycles. The van der Waals surface area contributed by atoms with Crippen molar-refractivity contribution in [3.63, 3.8) is 0 Å². The van der Waals surface area contributed by atoms with Gasteiger partial charge in [-0.2, -0.15) is 0 Å². The number of benzene rings is 4. The average molecular weight is 445 g/mol. The third kappa shape index (κ3) is 15.4. The first-order valence-corrected chi connectivity index (χ1v) is 8.46. The van der Waals surface area contributed by atoms with Crippen LogP contribution in [0.3, 0.4) is 0 Å². The maximum Gasteiger partial charge on any atom is 4.00 e. The van der Waals surface area contributed by atoms with Gasteiger partial charge >= 0.3 is 17.6 Å². The topological polar surface area (TPSA) is 92.2 Å². The summed E-state index contributed by atoms with van der Waals surface area (Å²) in [4.78, 5) is 0. The Morgan fingerprint density at radius 1 is 0.276 bits per heavy atom. The molecule has 0 saturated heterocycles. The van der Waals surface area contributed by atoms with Crippen molar-refractivity contribution >= 4 is 17.6 Å². The van der Waals surface area contributed by atoms with E-state index in [-0.39, 0.29) is 40.6 Å². The Labute approximate surface area is 182 Å². The molecule has 0 spiro atoms. The van der Waals surface area contributed by atoms with Gasteiger partial charge < -0.3 is 20.4 Å². The van der Waals surface area contributed by atoms with Crippen LogP contribution < -0.4 is 20.4 Å². The molecule has 0 saturated carbocycles. The quantitative estimate of drug-likeness (QED) is 0.390. The van der Waals surface area contributed by atoms with Gasteiger partial charge in [0.25, 0.3) is 0 Å². The van der Waals surface area contributed by atoms with E-state index in [0.29, 0.717) is 0 Å². The van der Waals surface area contributed by atoms with Crippen molar-refractivity contribution in [3.8, 4) is 23.0 Å². The largest absolute Gasteiger partial charge is 4.00 e. The van der Waals surface area contributed by atoms with Gasteiger partial charge in [0.1, 0.15) is 0 Å². The first kappa shape index (κ1) is 25.6. The molecule has 29 heavy (non-hydrogen) atoms. The molecule has 0 heterocycles. The van der Waals surface area contributed by atoms with Gasteiger partial charge in [-0.25, -0.2) is 0 Å². The molecule has 4 nitrogen and oxygen atoms in total. The summed E-state index contributed by atoms with van der Waals surface area (Å²) in [5.41, 5.74) is 0. The van der Waals surface area contributed by atoms with Crippen molar-refractivity contribution in [2.24, 2.45) is 0 Å².